The second-order valence-electron chi connectivity index (χ2n) is 13.0. The molecule has 56 heavy (non-hydrogen) atoms. The van der Waals surface area contributed by atoms with Crippen LogP contribution in [0.5, 0.6) is 11.5 Å². The van der Waals surface area contributed by atoms with E-state index in [1.165, 1.54) is 0 Å². The quantitative estimate of drug-likeness (QED) is 0.0974. The van der Waals surface area contributed by atoms with Gasteiger partial charge in [0.15, 0.2) is 18.0 Å². The molecule has 2 unspecified atom stereocenters. The van der Waals surface area contributed by atoms with E-state index in [1.54, 1.807) is 38.1 Å². The van der Waals surface area contributed by atoms with E-state index >= 15 is 0 Å². The first-order chi connectivity index (χ1) is 27.0. The number of ether oxygens (including phenoxy) is 4. The Bertz CT molecular complexity index is 2080. The predicted molar refractivity (Wildman–Crippen MR) is 214 cm³/mol. The number of rotatable bonds is 16. The Labute approximate surface area is 327 Å². The van der Waals surface area contributed by atoms with Gasteiger partial charge in [-0.3, -0.25) is 4.79 Å². The molecule has 0 bridgehead atoms. The maximum atomic E-state index is 13.5. The Balaban J connectivity index is 1.13. The third-order valence-electron chi connectivity index (χ3n) is 8.88. The number of carbonyl (C=O) groups excluding carboxylic acids is 1. The summed E-state index contributed by atoms with van der Waals surface area (Å²) in [4.78, 5) is 36.2. The lowest BCUT2D eigenvalue weighted by Crippen LogP contribution is -2.26. The first-order valence-corrected chi connectivity index (χ1v) is 18.4. The molecule has 0 heterocycles. The zero-order valence-corrected chi connectivity index (χ0v) is 31.9. The van der Waals surface area contributed by atoms with E-state index in [0.717, 1.165) is 44.5 Å². The number of ketones is 1. The average Bonchev–Trinajstić information content (AvgIpc) is 3.47. The minimum Gasteiger partial charge on any atom is -0.490 e. The third-order valence-corrected chi connectivity index (χ3v) is 8.88. The molecule has 4 aromatic carbocycles. The summed E-state index contributed by atoms with van der Waals surface area (Å²) in [6, 6.07) is 25.9. The summed E-state index contributed by atoms with van der Waals surface area (Å²) in [7, 11) is 0. The van der Waals surface area contributed by atoms with Gasteiger partial charge in [0.05, 0.1) is 0 Å². The molecule has 0 amide bonds. The molecule has 2 atom stereocenters. The van der Waals surface area contributed by atoms with E-state index in [1.807, 2.05) is 86.7 Å². The average molecular weight is 753 g/mol. The number of hydrogen-bond donors (Lipinski definition) is 2. The van der Waals surface area contributed by atoms with Crippen LogP contribution in [0.4, 0.5) is 0 Å². The van der Waals surface area contributed by atoms with Gasteiger partial charge in [-0.1, -0.05) is 60.1 Å². The molecule has 0 radical (unpaired) electrons. The standard InChI is InChI=1S/C47H44O9/c1-5-53-43(46(49)50)29-35-11-17-37(18-12-35)55-25-23-31(3)7-9-33-15-21-39-40-22-16-34(28-42(40)45(48)41(39)27-33)10-8-32(4)24-26-56-38-19-13-36(14-20-38)30-44(47(51)52)54-6-2/h11-24,27-28,43-44H,5-6,25-26,29-30H2,1-4H3,(H,49,50)(H,51,52)/b31-23+,32-24+. The Kier molecular flexibility index (Phi) is 14.4. The number of carboxylic acid groups (broad SMARTS) is 2. The highest BCUT2D eigenvalue weighted by molar-refractivity contribution is 6.22. The van der Waals surface area contributed by atoms with Gasteiger partial charge in [-0.05, 0) is 122 Å². The van der Waals surface area contributed by atoms with E-state index in [-0.39, 0.29) is 18.6 Å². The van der Waals surface area contributed by atoms with Crippen molar-refractivity contribution in [3.8, 4) is 46.3 Å². The van der Waals surface area contributed by atoms with Crippen molar-refractivity contribution in [2.75, 3.05) is 26.4 Å². The van der Waals surface area contributed by atoms with Crippen LogP contribution >= 0.6 is 0 Å². The summed E-state index contributed by atoms with van der Waals surface area (Å²) in [6.45, 7) is 8.61. The molecular formula is C47H44O9. The van der Waals surface area contributed by atoms with Crippen molar-refractivity contribution in [3.63, 3.8) is 0 Å². The van der Waals surface area contributed by atoms with Gasteiger partial charge in [0.25, 0.3) is 0 Å². The highest BCUT2D eigenvalue weighted by Crippen LogP contribution is 2.37. The van der Waals surface area contributed by atoms with Crippen molar-refractivity contribution in [2.45, 2.75) is 52.7 Å². The lowest BCUT2D eigenvalue weighted by atomic mass is 10.0. The Morgan fingerprint density at radius 1 is 0.607 bits per heavy atom. The van der Waals surface area contributed by atoms with E-state index < -0.39 is 24.1 Å². The Morgan fingerprint density at radius 2 is 1.00 bits per heavy atom. The fourth-order valence-electron chi connectivity index (χ4n) is 5.91. The molecule has 4 aromatic rings. The summed E-state index contributed by atoms with van der Waals surface area (Å²) >= 11 is 0. The van der Waals surface area contributed by atoms with Gasteiger partial charge in [-0.25, -0.2) is 9.59 Å². The number of hydrogen-bond acceptors (Lipinski definition) is 7. The SMILES string of the molecule is CCOC(Cc1ccc(OC/C=C(\C)C#Cc2ccc3c(c2)C(=O)c2cc(C#C/C(C)=C/COc4ccc(CC(OCC)C(=O)O)cc4)ccc2-3)cc1)C(=O)O. The molecule has 0 aromatic heterocycles. The van der Waals surface area contributed by atoms with Crippen LogP contribution in [-0.2, 0) is 31.9 Å². The summed E-state index contributed by atoms with van der Waals surface area (Å²) in [5, 5.41) is 18.6. The van der Waals surface area contributed by atoms with Crippen molar-refractivity contribution in [3.05, 3.63) is 142 Å². The molecule has 0 spiro atoms. The van der Waals surface area contributed by atoms with Gasteiger partial charge in [0.1, 0.15) is 24.7 Å². The third kappa shape index (κ3) is 11.3. The summed E-state index contributed by atoms with van der Waals surface area (Å²) in [6.07, 6.45) is 2.55. The normalized spacial score (nSPS) is 13.0. The molecule has 0 fully saturated rings. The minimum atomic E-state index is -0.985. The molecular weight excluding hydrogens is 709 g/mol. The molecule has 1 aliphatic carbocycles. The van der Waals surface area contributed by atoms with E-state index in [0.29, 0.717) is 49.1 Å². The van der Waals surface area contributed by atoms with Crippen molar-refractivity contribution >= 4 is 17.7 Å². The molecule has 0 saturated carbocycles. The van der Waals surface area contributed by atoms with Crippen LogP contribution in [0, 0.1) is 23.7 Å². The van der Waals surface area contributed by atoms with Crippen molar-refractivity contribution < 1.29 is 43.5 Å². The molecule has 0 aliphatic heterocycles. The molecule has 2 N–H and O–H groups in total. The fourth-order valence-corrected chi connectivity index (χ4v) is 5.91. The van der Waals surface area contributed by atoms with Crippen LogP contribution in [0.25, 0.3) is 11.1 Å². The van der Waals surface area contributed by atoms with Crippen LogP contribution in [-0.4, -0.2) is 66.6 Å². The highest BCUT2D eigenvalue weighted by Gasteiger charge is 2.27. The van der Waals surface area contributed by atoms with Crippen LogP contribution in [0.15, 0.2) is 108 Å². The number of benzene rings is 4. The van der Waals surface area contributed by atoms with Gasteiger partial charge in [0, 0.05) is 48.3 Å². The summed E-state index contributed by atoms with van der Waals surface area (Å²) in [5.74, 6) is 11.9. The van der Waals surface area contributed by atoms with Crippen molar-refractivity contribution in [2.24, 2.45) is 0 Å². The van der Waals surface area contributed by atoms with Crippen molar-refractivity contribution in [1.29, 1.82) is 0 Å². The highest BCUT2D eigenvalue weighted by atomic mass is 16.5. The van der Waals surface area contributed by atoms with Gasteiger partial charge in [-0.2, -0.15) is 0 Å². The predicted octanol–water partition coefficient (Wildman–Crippen LogP) is 7.72. The van der Waals surface area contributed by atoms with Crippen molar-refractivity contribution in [1.82, 2.24) is 0 Å². The monoisotopic (exact) mass is 752 g/mol. The second-order valence-corrected chi connectivity index (χ2v) is 13.0. The van der Waals surface area contributed by atoms with E-state index in [2.05, 4.69) is 23.7 Å². The fraction of sp³-hybridized carbons (Fsp3) is 0.255. The molecule has 1 aliphatic rings. The summed E-state index contributed by atoms with van der Waals surface area (Å²) in [5.41, 5.74) is 7.74. The van der Waals surface area contributed by atoms with Gasteiger partial charge in [0.2, 0.25) is 0 Å². The van der Waals surface area contributed by atoms with E-state index in [9.17, 15) is 24.6 Å². The van der Waals surface area contributed by atoms with Gasteiger partial charge < -0.3 is 29.2 Å². The van der Waals surface area contributed by atoms with Crippen LogP contribution in [0.2, 0.25) is 0 Å². The molecule has 5 rings (SSSR count). The number of aliphatic carboxylic acids is 2. The molecule has 9 heteroatoms. The van der Waals surface area contributed by atoms with Crippen LogP contribution in [0.3, 0.4) is 0 Å². The largest absolute Gasteiger partial charge is 0.490 e. The molecule has 286 valence electrons. The topological polar surface area (TPSA) is 129 Å². The summed E-state index contributed by atoms with van der Waals surface area (Å²) < 4.78 is 22.2. The molecule has 0 saturated heterocycles. The second kappa shape index (κ2) is 19.8. The first kappa shape index (κ1) is 40.8. The van der Waals surface area contributed by atoms with Gasteiger partial charge >= 0.3 is 11.9 Å². The van der Waals surface area contributed by atoms with Crippen LogP contribution in [0.1, 0.15) is 65.9 Å². The van der Waals surface area contributed by atoms with E-state index in [4.69, 9.17) is 18.9 Å². The Hall–Kier alpha value is -6.39. The maximum absolute atomic E-state index is 13.5. The zero-order valence-electron chi connectivity index (χ0n) is 31.9. The zero-order chi connectivity index (χ0) is 40.0. The lowest BCUT2D eigenvalue weighted by Gasteiger charge is -2.12. The number of fused-ring (bicyclic) bond motifs is 3. The number of carboxylic acids is 2. The first-order valence-electron chi connectivity index (χ1n) is 18.4. The lowest BCUT2D eigenvalue weighted by molar-refractivity contribution is -0.150. The smallest absolute Gasteiger partial charge is 0.333 e. The maximum Gasteiger partial charge on any atom is 0.333 e. The van der Waals surface area contributed by atoms with Gasteiger partial charge in [-0.15, -0.1) is 0 Å². The number of allylic oxidation sites excluding steroid dienone is 2. The molecule has 9 nitrogen and oxygen atoms in total. The number of carbonyl (C=O) groups is 3. The minimum absolute atomic E-state index is 0.0617. The Morgan fingerprint density at radius 3 is 1.36 bits per heavy atom. The van der Waals surface area contributed by atoms with Crippen LogP contribution < -0.4 is 9.47 Å².